The third kappa shape index (κ3) is 3.40. The molecule has 8 heteroatoms. The van der Waals surface area contributed by atoms with E-state index in [9.17, 15) is 17.6 Å². The quantitative estimate of drug-likeness (QED) is 0.907. The molecule has 1 fully saturated rings. The van der Waals surface area contributed by atoms with Gasteiger partial charge in [-0.25, -0.2) is 17.6 Å². The second-order valence-electron chi connectivity index (χ2n) is 4.72. The fraction of sp³-hybridized carbons (Fsp3) is 0.417. The first-order valence-electron chi connectivity index (χ1n) is 5.98. The first kappa shape index (κ1) is 15.1. The van der Waals surface area contributed by atoms with E-state index in [-0.39, 0.29) is 28.3 Å². The summed E-state index contributed by atoms with van der Waals surface area (Å²) < 4.78 is 35.7. The van der Waals surface area contributed by atoms with Gasteiger partial charge in [0.1, 0.15) is 5.82 Å². The van der Waals surface area contributed by atoms with Crippen LogP contribution in [-0.4, -0.2) is 43.9 Å². The molecule has 0 saturated carbocycles. The van der Waals surface area contributed by atoms with Crippen LogP contribution in [0.4, 0.5) is 14.9 Å². The molecule has 1 aromatic carbocycles. The van der Waals surface area contributed by atoms with Gasteiger partial charge in [-0.15, -0.1) is 0 Å². The van der Waals surface area contributed by atoms with Gasteiger partial charge in [-0.3, -0.25) is 0 Å². The Labute approximate surface area is 121 Å². The molecule has 1 aromatic rings. The zero-order chi connectivity index (χ0) is 14.9. The van der Waals surface area contributed by atoms with Crippen molar-refractivity contribution in [2.75, 3.05) is 23.9 Å². The average Bonchev–Trinajstić information content (AvgIpc) is 2.72. The predicted octanol–water partition coefficient (Wildman–Crippen LogP) is 2.13. The minimum Gasteiger partial charge on any atom is -0.324 e. The molecule has 0 aromatic heterocycles. The molecule has 1 atom stereocenters. The van der Waals surface area contributed by atoms with Gasteiger partial charge in [-0.1, -0.05) is 11.6 Å². The molecular formula is C12H14ClFN2O3S. The third-order valence-electron chi connectivity index (χ3n) is 3.25. The first-order valence-corrected chi connectivity index (χ1v) is 8.18. The smallest absolute Gasteiger partial charge is 0.321 e. The van der Waals surface area contributed by atoms with Crippen molar-refractivity contribution in [3.8, 4) is 0 Å². The highest BCUT2D eigenvalue weighted by atomic mass is 35.5. The van der Waals surface area contributed by atoms with Crippen molar-refractivity contribution in [1.29, 1.82) is 0 Å². The number of amides is 2. The van der Waals surface area contributed by atoms with Gasteiger partial charge in [0.25, 0.3) is 0 Å². The van der Waals surface area contributed by atoms with Crippen LogP contribution in [0.1, 0.15) is 6.42 Å². The highest BCUT2D eigenvalue weighted by Gasteiger charge is 2.32. The summed E-state index contributed by atoms with van der Waals surface area (Å²) in [5.41, 5.74) is 0.283. The lowest BCUT2D eigenvalue weighted by Crippen LogP contribution is -2.40. The van der Waals surface area contributed by atoms with Gasteiger partial charge >= 0.3 is 6.03 Å². The molecule has 20 heavy (non-hydrogen) atoms. The van der Waals surface area contributed by atoms with E-state index in [4.69, 9.17) is 11.6 Å². The van der Waals surface area contributed by atoms with E-state index in [1.165, 1.54) is 24.1 Å². The van der Waals surface area contributed by atoms with Crippen LogP contribution in [0.3, 0.4) is 0 Å². The molecular weight excluding hydrogens is 307 g/mol. The summed E-state index contributed by atoms with van der Waals surface area (Å²) >= 11 is 5.81. The van der Waals surface area contributed by atoms with Crippen LogP contribution in [0.2, 0.25) is 5.02 Å². The van der Waals surface area contributed by atoms with E-state index in [1.54, 1.807) is 0 Å². The van der Waals surface area contributed by atoms with Crippen LogP contribution in [0.5, 0.6) is 0 Å². The Morgan fingerprint density at radius 2 is 2.20 bits per heavy atom. The zero-order valence-corrected chi connectivity index (χ0v) is 12.3. The SMILES string of the molecule is CN(C(=O)Nc1ccc(F)cc1Cl)C1CCS(=O)(=O)C1. The number of carbonyl (C=O) groups is 1. The summed E-state index contributed by atoms with van der Waals surface area (Å²) in [6.45, 7) is 0. The Bertz CT molecular complexity index is 636. The maximum Gasteiger partial charge on any atom is 0.321 e. The molecule has 1 N–H and O–H groups in total. The Balaban J connectivity index is 2.05. The third-order valence-corrected chi connectivity index (χ3v) is 5.31. The number of nitrogens with zero attached hydrogens (tertiary/aromatic N) is 1. The average molecular weight is 321 g/mol. The molecule has 1 aliphatic rings. The van der Waals surface area contributed by atoms with Crippen molar-refractivity contribution < 1.29 is 17.6 Å². The van der Waals surface area contributed by atoms with Crippen molar-refractivity contribution >= 4 is 33.2 Å². The molecule has 0 aliphatic carbocycles. The molecule has 0 radical (unpaired) electrons. The minimum atomic E-state index is -3.06. The first-order chi connectivity index (χ1) is 9.28. The number of benzene rings is 1. The van der Waals surface area contributed by atoms with E-state index < -0.39 is 21.7 Å². The van der Waals surface area contributed by atoms with E-state index in [2.05, 4.69) is 5.32 Å². The molecule has 1 heterocycles. The van der Waals surface area contributed by atoms with Crippen LogP contribution in [0.15, 0.2) is 18.2 Å². The lowest BCUT2D eigenvalue weighted by atomic mass is 10.2. The molecule has 110 valence electrons. The number of rotatable bonds is 2. The second kappa shape index (κ2) is 5.57. The molecule has 1 saturated heterocycles. The van der Waals surface area contributed by atoms with Crippen molar-refractivity contribution in [2.45, 2.75) is 12.5 Å². The number of urea groups is 1. The Hall–Kier alpha value is -1.34. The van der Waals surface area contributed by atoms with E-state index in [0.29, 0.717) is 6.42 Å². The molecule has 1 aliphatic heterocycles. The van der Waals surface area contributed by atoms with Crippen molar-refractivity contribution in [3.05, 3.63) is 29.0 Å². The van der Waals surface area contributed by atoms with Crippen LogP contribution in [0.25, 0.3) is 0 Å². The van der Waals surface area contributed by atoms with Crippen molar-refractivity contribution in [3.63, 3.8) is 0 Å². The van der Waals surface area contributed by atoms with Crippen molar-refractivity contribution in [2.24, 2.45) is 0 Å². The number of hydrogen-bond donors (Lipinski definition) is 1. The van der Waals surface area contributed by atoms with Crippen LogP contribution in [0, 0.1) is 5.82 Å². The molecule has 0 spiro atoms. The summed E-state index contributed by atoms with van der Waals surface area (Å²) in [4.78, 5) is 13.4. The zero-order valence-electron chi connectivity index (χ0n) is 10.8. The highest BCUT2D eigenvalue weighted by Crippen LogP contribution is 2.23. The van der Waals surface area contributed by atoms with Gasteiger partial charge < -0.3 is 10.2 Å². The molecule has 0 bridgehead atoms. The van der Waals surface area contributed by atoms with Crippen LogP contribution in [-0.2, 0) is 9.84 Å². The molecule has 5 nitrogen and oxygen atoms in total. The summed E-state index contributed by atoms with van der Waals surface area (Å²) in [5.74, 6) is -0.441. The number of nitrogens with one attached hydrogen (secondary N) is 1. The number of sulfone groups is 1. The number of hydrogen-bond acceptors (Lipinski definition) is 3. The van der Waals surface area contributed by atoms with Gasteiger partial charge in [0, 0.05) is 13.1 Å². The standard InChI is InChI=1S/C12H14ClFN2O3S/c1-16(9-4-5-20(18,19)7-9)12(17)15-11-3-2-8(14)6-10(11)13/h2-3,6,9H,4-5,7H2,1H3,(H,15,17). The lowest BCUT2D eigenvalue weighted by Gasteiger charge is -2.23. The number of anilines is 1. The van der Waals surface area contributed by atoms with Gasteiger partial charge in [0.05, 0.1) is 22.2 Å². The predicted molar refractivity (Wildman–Crippen MR) is 75.3 cm³/mol. The topological polar surface area (TPSA) is 66.5 Å². The van der Waals surface area contributed by atoms with Crippen molar-refractivity contribution in [1.82, 2.24) is 4.90 Å². The van der Waals surface area contributed by atoms with Gasteiger partial charge in [0.2, 0.25) is 0 Å². The maximum atomic E-state index is 12.9. The van der Waals surface area contributed by atoms with E-state index >= 15 is 0 Å². The largest absolute Gasteiger partial charge is 0.324 e. The second-order valence-corrected chi connectivity index (χ2v) is 7.36. The van der Waals surface area contributed by atoms with Gasteiger partial charge in [0.15, 0.2) is 9.84 Å². The maximum absolute atomic E-state index is 12.9. The van der Waals surface area contributed by atoms with E-state index in [1.807, 2.05) is 0 Å². The number of carbonyl (C=O) groups excluding carboxylic acids is 1. The molecule has 2 rings (SSSR count). The van der Waals surface area contributed by atoms with Crippen LogP contribution >= 0.6 is 11.6 Å². The summed E-state index contributed by atoms with van der Waals surface area (Å²) in [6.07, 6.45) is 0.420. The normalized spacial score (nSPS) is 20.6. The van der Waals surface area contributed by atoms with Gasteiger partial charge in [-0.2, -0.15) is 0 Å². The van der Waals surface area contributed by atoms with E-state index in [0.717, 1.165) is 6.07 Å². The Morgan fingerprint density at radius 1 is 1.50 bits per heavy atom. The van der Waals surface area contributed by atoms with Gasteiger partial charge in [-0.05, 0) is 24.6 Å². The summed E-state index contributed by atoms with van der Waals surface area (Å²) in [5, 5.41) is 2.62. The minimum absolute atomic E-state index is 0.0337. The monoisotopic (exact) mass is 320 g/mol. The summed E-state index contributed by atoms with van der Waals surface area (Å²) in [7, 11) is -1.53. The lowest BCUT2D eigenvalue weighted by molar-refractivity contribution is 0.209. The highest BCUT2D eigenvalue weighted by molar-refractivity contribution is 7.91. The Morgan fingerprint density at radius 3 is 2.75 bits per heavy atom. The van der Waals surface area contributed by atoms with Crippen LogP contribution < -0.4 is 5.32 Å². The molecule has 2 amide bonds. The fourth-order valence-electron chi connectivity index (χ4n) is 2.04. The Kier molecular flexibility index (Phi) is 4.19. The summed E-state index contributed by atoms with van der Waals surface area (Å²) in [6, 6.07) is 2.81. The fourth-order valence-corrected chi connectivity index (χ4v) is 4.03. The molecule has 1 unspecified atom stereocenters. The number of halogens is 2.